The summed E-state index contributed by atoms with van der Waals surface area (Å²) in [4.78, 5) is 25.0. The molecule has 19 heavy (non-hydrogen) atoms. The highest BCUT2D eigenvalue weighted by Gasteiger charge is 2.30. The second-order valence-electron chi connectivity index (χ2n) is 3.92. The van der Waals surface area contributed by atoms with Gasteiger partial charge in [0.1, 0.15) is 17.9 Å². The summed E-state index contributed by atoms with van der Waals surface area (Å²) in [6.07, 6.45) is 2.42. The molecule has 0 spiro atoms. The molecule has 0 aliphatic heterocycles. The Kier molecular flexibility index (Phi) is 4.92. The van der Waals surface area contributed by atoms with Crippen molar-refractivity contribution < 1.29 is 25.0 Å². The molecule has 10 heteroatoms. The predicted molar refractivity (Wildman–Crippen MR) is 61.0 cm³/mol. The van der Waals surface area contributed by atoms with Crippen LogP contribution in [-0.2, 0) is 11.3 Å². The second kappa shape index (κ2) is 6.22. The zero-order valence-electron chi connectivity index (χ0n) is 9.89. The lowest BCUT2D eigenvalue weighted by Gasteiger charge is -2.28. The van der Waals surface area contributed by atoms with Gasteiger partial charge in [-0.05, 0) is 4.92 Å². The van der Waals surface area contributed by atoms with E-state index in [1.54, 1.807) is 0 Å². The summed E-state index contributed by atoms with van der Waals surface area (Å²) < 4.78 is 0.992. The molecule has 4 N–H and O–H groups in total. The van der Waals surface area contributed by atoms with Gasteiger partial charge in [-0.2, -0.15) is 0 Å². The highest BCUT2D eigenvalue weighted by Crippen LogP contribution is 2.08. The van der Waals surface area contributed by atoms with E-state index in [4.69, 9.17) is 15.3 Å². The van der Waals surface area contributed by atoms with Gasteiger partial charge in [0.05, 0.1) is 19.8 Å². The number of amides is 1. The van der Waals surface area contributed by atoms with Gasteiger partial charge in [-0.25, -0.2) is 4.57 Å². The maximum Gasteiger partial charge on any atom is 0.435 e. The minimum Gasteiger partial charge on any atom is -0.394 e. The molecular formula is C9H14N4O6. The van der Waals surface area contributed by atoms with Crippen LogP contribution >= 0.6 is 0 Å². The van der Waals surface area contributed by atoms with Crippen molar-refractivity contribution in [2.24, 2.45) is 0 Å². The van der Waals surface area contributed by atoms with Gasteiger partial charge in [-0.3, -0.25) is 4.79 Å². The van der Waals surface area contributed by atoms with Crippen LogP contribution in [0, 0.1) is 10.1 Å². The highest BCUT2D eigenvalue weighted by atomic mass is 16.6. The maximum atomic E-state index is 11.7. The van der Waals surface area contributed by atoms with Crippen molar-refractivity contribution in [2.45, 2.75) is 12.1 Å². The van der Waals surface area contributed by atoms with E-state index < -0.39 is 48.7 Å². The predicted octanol–water partition coefficient (Wildman–Crippen LogP) is -2.38. The number of nitrogens with zero attached hydrogens (tertiary/aromatic N) is 3. The van der Waals surface area contributed by atoms with Crippen LogP contribution < -0.4 is 5.32 Å². The lowest BCUT2D eigenvalue weighted by atomic mass is 10.0. The van der Waals surface area contributed by atoms with Crippen LogP contribution in [0.25, 0.3) is 0 Å². The van der Waals surface area contributed by atoms with Gasteiger partial charge in [0.15, 0.2) is 6.54 Å². The number of aliphatic hydroxyl groups excluding tert-OH is 3. The fourth-order valence-corrected chi connectivity index (χ4v) is 1.36. The van der Waals surface area contributed by atoms with E-state index >= 15 is 0 Å². The summed E-state index contributed by atoms with van der Waals surface area (Å²) in [6, 6.07) is 0. The number of imidazole rings is 1. The molecule has 0 aliphatic carbocycles. The quantitative estimate of drug-likeness (QED) is 0.320. The average molecular weight is 274 g/mol. The Morgan fingerprint density at radius 1 is 1.42 bits per heavy atom. The molecule has 0 bridgehead atoms. The lowest BCUT2D eigenvalue weighted by molar-refractivity contribution is -0.396. The number of aromatic nitrogens is 2. The lowest BCUT2D eigenvalue weighted by Crippen LogP contribution is -2.57. The summed E-state index contributed by atoms with van der Waals surface area (Å²) in [5.74, 6) is -1.21. The molecular weight excluding hydrogens is 260 g/mol. The molecule has 0 aliphatic rings. The van der Waals surface area contributed by atoms with E-state index in [1.165, 1.54) is 12.4 Å². The van der Waals surface area contributed by atoms with Crippen molar-refractivity contribution in [3.8, 4) is 0 Å². The van der Waals surface area contributed by atoms with Crippen molar-refractivity contribution in [2.75, 3.05) is 19.8 Å². The highest BCUT2D eigenvalue weighted by molar-refractivity contribution is 5.77. The molecule has 1 amide bonds. The van der Waals surface area contributed by atoms with Crippen LogP contribution in [-0.4, -0.2) is 61.1 Å². The Morgan fingerprint density at radius 2 is 2.00 bits per heavy atom. The number of carbonyl (C=O) groups excluding carboxylic acids is 1. The van der Waals surface area contributed by atoms with Crippen molar-refractivity contribution in [3.63, 3.8) is 0 Å². The molecule has 1 rings (SSSR count). The topological polar surface area (TPSA) is 151 Å². The molecule has 0 atom stereocenters. The van der Waals surface area contributed by atoms with Crippen LogP contribution in [0.4, 0.5) is 5.95 Å². The maximum absolute atomic E-state index is 11.7. The molecule has 0 saturated carbocycles. The second-order valence-corrected chi connectivity index (χ2v) is 3.92. The molecule has 106 valence electrons. The molecule has 1 aromatic rings. The van der Waals surface area contributed by atoms with Crippen molar-refractivity contribution >= 4 is 11.9 Å². The van der Waals surface area contributed by atoms with Crippen LogP contribution in [0.1, 0.15) is 0 Å². The Morgan fingerprint density at radius 3 is 2.47 bits per heavy atom. The fourth-order valence-electron chi connectivity index (χ4n) is 1.36. The summed E-state index contributed by atoms with van der Waals surface area (Å²) in [5.41, 5.74) is -1.56. The average Bonchev–Trinajstić information content (AvgIpc) is 2.84. The molecule has 0 unspecified atom stereocenters. The third kappa shape index (κ3) is 3.47. The van der Waals surface area contributed by atoms with Crippen LogP contribution in [0.5, 0.6) is 0 Å². The normalized spacial score (nSPS) is 11.3. The number of aliphatic hydroxyl groups is 3. The largest absolute Gasteiger partial charge is 0.435 e. The van der Waals surface area contributed by atoms with Crippen LogP contribution in [0.3, 0.4) is 0 Å². The molecule has 10 nitrogen and oxygen atoms in total. The van der Waals surface area contributed by atoms with E-state index in [0.29, 0.717) is 0 Å². The first-order valence-electron chi connectivity index (χ1n) is 5.27. The van der Waals surface area contributed by atoms with Gasteiger partial charge in [0.25, 0.3) is 5.91 Å². The van der Waals surface area contributed by atoms with Crippen LogP contribution in [0.15, 0.2) is 12.4 Å². The van der Waals surface area contributed by atoms with E-state index in [1.807, 2.05) is 0 Å². The third-order valence-electron chi connectivity index (χ3n) is 2.48. The first-order chi connectivity index (χ1) is 8.98. The smallest absolute Gasteiger partial charge is 0.394 e. The molecule has 0 saturated heterocycles. The van der Waals surface area contributed by atoms with Gasteiger partial charge < -0.3 is 30.8 Å². The molecule has 0 aromatic carbocycles. The Hall–Kier alpha value is -2.04. The van der Waals surface area contributed by atoms with Crippen LogP contribution in [0.2, 0.25) is 0 Å². The minimum atomic E-state index is -1.56. The first-order valence-corrected chi connectivity index (χ1v) is 5.27. The molecule has 1 heterocycles. The monoisotopic (exact) mass is 274 g/mol. The van der Waals surface area contributed by atoms with E-state index in [2.05, 4.69) is 10.3 Å². The van der Waals surface area contributed by atoms with Gasteiger partial charge in [-0.15, -0.1) is 0 Å². The van der Waals surface area contributed by atoms with Gasteiger partial charge in [0, 0.05) is 0 Å². The Labute approximate surface area is 107 Å². The number of rotatable bonds is 7. The Bertz CT molecular complexity index is 447. The minimum absolute atomic E-state index is 0.419. The van der Waals surface area contributed by atoms with Gasteiger partial charge >= 0.3 is 5.95 Å². The van der Waals surface area contributed by atoms with Crippen molar-refractivity contribution in [1.82, 2.24) is 14.9 Å². The molecule has 1 aromatic heterocycles. The SMILES string of the molecule is O=C(Cn1ccnc1[N+](=O)[O-])NC(CO)(CO)CO. The number of nitro groups is 1. The van der Waals surface area contributed by atoms with E-state index in [9.17, 15) is 14.9 Å². The van der Waals surface area contributed by atoms with E-state index in [0.717, 1.165) is 4.57 Å². The zero-order chi connectivity index (χ0) is 14.5. The zero-order valence-corrected chi connectivity index (χ0v) is 9.89. The summed E-state index contributed by atoms with van der Waals surface area (Å²) in [6.45, 7) is -2.43. The van der Waals surface area contributed by atoms with Crippen molar-refractivity contribution in [3.05, 3.63) is 22.5 Å². The number of carbonyl (C=O) groups is 1. The summed E-state index contributed by atoms with van der Waals surface area (Å²) in [7, 11) is 0. The van der Waals surface area contributed by atoms with E-state index in [-0.39, 0.29) is 0 Å². The third-order valence-corrected chi connectivity index (χ3v) is 2.48. The molecule has 0 fully saturated rings. The first kappa shape index (κ1) is 15.0. The summed E-state index contributed by atoms with van der Waals surface area (Å²) >= 11 is 0. The number of hydrogen-bond acceptors (Lipinski definition) is 7. The van der Waals surface area contributed by atoms with Crippen molar-refractivity contribution in [1.29, 1.82) is 0 Å². The van der Waals surface area contributed by atoms with Gasteiger partial charge in [-0.1, -0.05) is 4.98 Å². The summed E-state index contributed by atoms with van der Waals surface area (Å²) in [5, 5.41) is 39.9. The number of nitrogens with one attached hydrogen (secondary N) is 1. The fraction of sp³-hybridized carbons (Fsp3) is 0.556. The molecule has 0 radical (unpaired) electrons. The standard InChI is InChI=1S/C9H14N4O6/c14-4-9(5-15,6-16)11-7(17)3-12-2-1-10-8(12)13(18)19/h1-2,14-16H,3-6H2,(H,11,17). The van der Waals surface area contributed by atoms with Gasteiger partial charge in [0.2, 0.25) is 0 Å². The number of hydrogen-bond donors (Lipinski definition) is 4. The Balaban J connectivity index is 2.75.